The second kappa shape index (κ2) is 10.8. The molecular weight excluding hydrogens is 378 g/mol. The molecule has 0 radical (unpaired) electrons. The van der Waals surface area contributed by atoms with Gasteiger partial charge in [0.2, 0.25) is 11.8 Å². The van der Waals surface area contributed by atoms with E-state index < -0.39 is 0 Å². The minimum Gasteiger partial charge on any atom is -0.506 e. The van der Waals surface area contributed by atoms with Crippen molar-refractivity contribution in [1.29, 1.82) is 0 Å². The molecule has 2 amide bonds. The van der Waals surface area contributed by atoms with E-state index in [0.717, 1.165) is 17.5 Å². The highest BCUT2D eigenvalue weighted by Crippen LogP contribution is 2.30. The number of pyridine rings is 1. The number of hydrogen-bond donors (Lipinski definition) is 3. The summed E-state index contributed by atoms with van der Waals surface area (Å²) >= 11 is 0. The third-order valence-electron chi connectivity index (χ3n) is 4.63. The van der Waals surface area contributed by atoms with Crippen molar-refractivity contribution in [3.8, 4) is 16.9 Å². The first-order valence-corrected chi connectivity index (χ1v) is 10.00. The monoisotopic (exact) mass is 403 g/mol. The zero-order valence-electron chi connectivity index (χ0n) is 16.7. The van der Waals surface area contributed by atoms with Gasteiger partial charge in [-0.1, -0.05) is 42.8 Å². The Hall–Kier alpha value is -3.67. The SMILES string of the molecule is O=C(CCCCCC(=O)Nc1cc(-c2ccccc2)ccc1O)Nc1cccnc1. The predicted octanol–water partition coefficient (Wildman–Crippen LogP) is 4.98. The molecule has 3 aromatic rings. The van der Waals surface area contributed by atoms with Gasteiger partial charge in [-0.3, -0.25) is 14.6 Å². The Kier molecular flexibility index (Phi) is 7.55. The summed E-state index contributed by atoms with van der Waals surface area (Å²) in [6.45, 7) is 0. The first-order valence-electron chi connectivity index (χ1n) is 10.00. The Morgan fingerprint density at radius 2 is 1.53 bits per heavy atom. The third kappa shape index (κ3) is 6.44. The molecule has 154 valence electrons. The number of phenols is 1. The molecule has 3 N–H and O–H groups in total. The normalized spacial score (nSPS) is 10.4. The van der Waals surface area contributed by atoms with Crippen molar-refractivity contribution in [3.05, 3.63) is 73.1 Å². The molecule has 0 unspecified atom stereocenters. The summed E-state index contributed by atoms with van der Waals surface area (Å²) in [6.07, 6.45) is 6.13. The van der Waals surface area contributed by atoms with Crippen LogP contribution in [-0.2, 0) is 9.59 Å². The molecule has 1 heterocycles. The van der Waals surface area contributed by atoms with Crippen molar-refractivity contribution < 1.29 is 14.7 Å². The maximum Gasteiger partial charge on any atom is 0.224 e. The fourth-order valence-electron chi connectivity index (χ4n) is 3.07. The average Bonchev–Trinajstić information content (AvgIpc) is 2.76. The highest BCUT2D eigenvalue weighted by molar-refractivity contribution is 5.93. The van der Waals surface area contributed by atoms with E-state index in [1.54, 1.807) is 36.7 Å². The summed E-state index contributed by atoms with van der Waals surface area (Å²) in [7, 11) is 0. The van der Waals surface area contributed by atoms with Crippen LogP contribution in [0.5, 0.6) is 5.75 Å². The van der Waals surface area contributed by atoms with Crippen molar-refractivity contribution >= 4 is 23.2 Å². The Bertz CT molecular complexity index is 976. The molecule has 0 aliphatic rings. The van der Waals surface area contributed by atoms with Crippen molar-refractivity contribution in [2.24, 2.45) is 0 Å². The molecule has 6 nitrogen and oxygen atoms in total. The highest BCUT2D eigenvalue weighted by Gasteiger charge is 2.09. The van der Waals surface area contributed by atoms with Crippen LogP contribution in [0.15, 0.2) is 73.1 Å². The van der Waals surface area contributed by atoms with Crippen LogP contribution in [0.3, 0.4) is 0 Å². The molecule has 0 aliphatic carbocycles. The smallest absolute Gasteiger partial charge is 0.224 e. The minimum atomic E-state index is -0.157. The average molecular weight is 403 g/mol. The number of aromatic hydroxyl groups is 1. The summed E-state index contributed by atoms with van der Waals surface area (Å²) in [4.78, 5) is 28.1. The second-order valence-electron chi connectivity index (χ2n) is 7.00. The van der Waals surface area contributed by atoms with Crippen LogP contribution >= 0.6 is 0 Å². The zero-order valence-corrected chi connectivity index (χ0v) is 16.7. The summed E-state index contributed by atoms with van der Waals surface area (Å²) in [5.41, 5.74) is 3.01. The number of benzene rings is 2. The highest BCUT2D eigenvalue weighted by atomic mass is 16.3. The number of anilines is 2. The predicted molar refractivity (Wildman–Crippen MR) is 118 cm³/mol. The molecule has 0 bridgehead atoms. The van der Waals surface area contributed by atoms with E-state index in [1.165, 1.54) is 0 Å². The molecule has 6 heteroatoms. The van der Waals surface area contributed by atoms with Gasteiger partial charge in [-0.05, 0) is 48.2 Å². The summed E-state index contributed by atoms with van der Waals surface area (Å²) in [6, 6.07) is 18.5. The number of amides is 2. The van der Waals surface area contributed by atoms with E-state index in [1.807, 2.05) is 36.4 Å². The number of unbranched alkanes of at least 4 members (excludes halogenated alkanes) is 2. The van der Waals surface area contributed by atoms with Gasteiger partial charge in [0.1, 0.15) is 5.75 Å². The molecule has 0 saturated heterocycles. The lowest BCUT2D eigenvalue weighted by atomic mass is 10.0. The molecule has 0 fully saturated rings. The Morgan fingerprint density at radius 3 is 2.23 bits per heavy atom. The fourth-order valence-corrected chi connectivity index (χ4v) is 3.07. The number of nitrogens with one attached hydrogen (secondary N) is 2. The van der Waals surface area contributed by atoms with Crippen molar-refractivity contribution in [2.45, 2.75) is 32.1 Å². The summed E-state index contributed by atoms with van der Waals surface area (Å²) in [5, 5.41) is 15.6. The molecule has 0 spiro atoms. The van der Waals surface area contributed by atoms with Gasteiger partial charge >= 0.3 is 0 Å². The van der Waals surface area contributed by atoms with E-state index in [4.69, 9.17) is 0 Å². The fraction of sp³-hybridized carbons (Fsp3) is 0.208. The number of aromatic nitrogens is 1. The third-order valence-corrected chi connectivity index (χ3v) is 4.63. The molecule has 2 aromatic carbocycles. The molecule has 0 atom stereocenters. The van der Waals surface area contributed by atoms with Crippen molar-refractivity contribution in [3.63, 3.8) is 0 Å². The maximum absolute atomic E-state index is 12.2. The van der Waals surface area contributed by atoms with Crippen LogP contribution in [0, 0.1) is 0 Å². The van der Waals surface area contributed by atoms with E-state index in [2.05, 4.69) is 15.6 Å². The first-order chi connectivity index (χ1) is 14.6. The summed E-state index contributed by atoms with van der Waals surface area (Å²) in [5.74, 6) is -0.180. The number of phenolic OH excluding ortho intramolecular Hbond substituents is 1. The van der Waals surface area contributed by atoms with Crippen LogP contribution in [0.1, 0.15) is 32.1 Å². The largest absolute Gasteiger partial charge is 0.506 e. The Balaban J connectivity index is 1.40. The topological polar surface area (TPSA) is 91.3 Å². The Morgan fingerprint density at radius 1 is 0.800 bits per heavy atom. The van der Waals surface area contributed by atoms with Gasteiger partial charge in [-0.25, -0.2) is 0 Å². The number of rotatable bonds is 9. The number of carbonyl (C=O) groups excluding carboxylic acids is 2. The molecular formula is C24H25N3O3. The standard InChI is InChI=1S/C24H25N3O3/c28-22-14-13-19(18-8-3-1-4-9-18)16-21(22)27-24(30)12-6-2-5-11-23(29)26-20-10-7-15-25-17-20/h1,3-4,7-10,13-17,28H,2,5-6,11-12H2,(H,26,29)(H,27,30). The van der Waals surface area contributed by atoms with Gasteiger partial charge in [-0.15, -0.1) is 0 Å². The lowest BCUT2D eigenvalue weighted by Crippen LogP contribution is -2.12. The molecule has 0 aliphatic heterocycles. The van der Waals surface area contributed by atoms with E-state index in [-0.39, 0.29) is 17.6 Å². The Labute approximate surface area is 176 Å². The summed E-state index contributed by atoms with van der Waals surface area (Å²) < 4.78 is 0. The number of nitrogens with zero attached hydrogens (tertiary/aromatic N) is 1. The van der Waals surface area contributed by atoms with Gasteiger partial charge in [0.15, 0.2) is 0 Å². The molecule has 0 saturated carbocycles. The zero-order chi connectivity index (χ0) is 21.2. The van der Waals surface area contributed by atoms with E-state index in [9.17, 15) is 14.7 Å². The number of carbonyl (C=O) groups is 2. The van der Waals surface area contributed by atoms with Gasteiger partial charge < -0.3 is 15.7 Å². The first kappa shape index (κ1) is 21.0. The lowest BCUT2D eigenvalue weighted by molar-refractivity contribution is -0.116. The van der Waals surface area contributed by atoms with Gasteiger partial charge in [0, 0.05) is 19.0 Å². The van der Waals surface area contributed by atoms with Crippen molar-refractivity contribution in [2.75, 3.05) is 10.6 Å². The van der Waals surface area contributed by atoms with Crippen LogP contribution < -0.4 is 10.6 Å². The van der Waals surface area contributed by atoms with Gasteiger partial charge in [0.05, 0.1) is 17.6 Å². The van der Waals surface area contributed by atoms with E-state index in [0.29, 0.717) is 37.1 Å². The maximum atomic E-state index is 12.2. The van der Waals surface area contributed by atoms with Crippen LogP contribution in [-0.4, -0.2) is 21.9 Å². The van der Waals surface area contributed by atoms with Crippen LogP contribution in [0.2, 0.25) is 0 Å². The second-order valence-corrected chi connectivity index (χ2v) is 7.00. The lowest BCUT2D eigenvalue weighted by Gasteiger charge is -2.10. The van der Waals surface area contributed by atoms with Crippen LogP contribution in [0.4, 0.5) is 11.4 Å². The molecule has 3 rings (SSSR count). The minimum absolute atomic E-state index is 0.0371. The quantitative estimate of drug-likeness (QED) is 0.347. The van der Waals surface area contributed by atoms with Gasteiger partial charge in [0.25, 0.3) is 0 Å². The molecule has 30 heavy (non-hydrogen) atoms. The van der Waals surface area contributed by atoms with Crippen molar-refractivity contribution in [1.82, 2.24) is 4.98 Å². The van der Waals surface area contributed by atoms with E-state index >= 15 is 0 Å². The molecule has 1 aromatic heterocycles. The van der Waals surface area contributed by atoms with Crippen LogP contribution in [0.25, 0.3) is 11.1 Å². The van der Waals surface area contributed by atoms with Gasteiger partial charge in [-0.2, -0.15) is 0 Å². The number of hydrogen-bond acceptors (Lipinski definition) is 4.